The Bertz CT molecular complexity index is 463. The second-order valence-electron chi connectivity index (χ2n) is 3.91. The molecule has 1 rings (SSSR count). The number of rotatable bonds is 4. The molecular formula is C12H13ClF3NO2. The number of carbonyl (C=O) groups is 1. The largest absolute Gasteiger partial charge is 0.465 e. The Hall–Kier alpha value is -1.27. The highest BCUT2D eigenvalue weighted by atomic mass is 35.5. The van der Waals surface area contributed by atoms with Crippen molar-refractivity contribution < 1.29 is 22.7 Å². The minimum absolute atomic E-state index is 0.0547. The van der Waals surface area contributed by atoms with Gasteiger partial charge in [0.05, 0.1) is 12.2 Å². The zero-order chi connectivity index (χ0) is 14.6. The molecule has 0 aromatic heterocycles. The summed E-state index contributed by atoms with van der Waals surface area (Å²) in [6, 6.07) is 2.07. The Morgan fingerprint density at radius 2 is 2.05 bits per heavy atom. The molecule has 0 fully saturated rings. The fourth-order valence-electron chi connectivity index (χ4n) is 1.52. The molecule has 106 valence electrons. The minimum atomic E-state index is -4.49. The monoisotopic (exact) mass is 295 g/mol. The van der Waals surface area contributed by atoms with Crippen molar-refractivity contribution in [1.82, 2.24) is 0 Å². The van der Waals surface area contributed by atoms with Gasteiger partial charge >= 0.3 is 12.1 Å². The summed E-state index contributed by atoms with van der Waals surface area (Å²) in [6.45, 7) is 1.78. The van der Waals surface area contributed by atoms with Gasteiger partial charge in [-0.2, -0.15) is 13.2 Å². The summed E-state index contributed by atoms with van der Waals surface area (Å²) in [5, 5.41) is -0.0547. The maximum absolute atomic E-state index is 12.6. The average Bonchev–Trinajstić information content (AvgIpc) is 2.27. The SMILES string of the molecule is CCOC(=O)C(N)Cc1cc(Cl)cc(C(F)(F)F)c1. The predicted octanol–water partition coefficient (Wildman–Crippen LogP) is 2.79. The van der Waals surface area contributed by atoms with Gasteiger partial charge in [-0.15, -0.1) is 0 Å². The molecule has 1 atom stereocenters. The zero-order valence-electron chi connectivity index (χ0n) is 10.1. The highest BCUT2D eigenvalue weighted by molar-refractivity contribution is 6.30. The highest BCUT2D eigenvalue weighted by Crippen LogP contribution is 2.32. The minimum Gasteiger partial charge on any atom is -0.465 e. The first-order valence-corrected chi connectivity index (χ1v) is 5.90. The second kappa shape index (κ2) is 6.25. The summed E-state index contributed by atoms with van der Waals surface area (Å²) in [6.07, 6.45) is -4.56. The molecule has 2 N–H and O–H groups in total. The smallest absolute Gasteiger partial charge is 0.416 e. The Morgan fingerprint density at radius 3 is 2.58 bits per heavy atom. The van der Waals surface area contributed by atoms with Crippen molar-refractivity contribution in [2.24, 2.45) is 5.73 Å². The van der Waals surface area contributed by atoms with Crippen LogP contribution < -0.4 is 5.73 Å². The van der Waals surface area contributed by atoms with Gasteiger partial charge in [0, 0.05) is 5.02 Å². The van der Waals surface area contributed by atoms with Crippen LogP contribution in [0.5, 0.6) is 0 Å². The van der Waals surface area contributed by atoms with Crippen LogP contribution in [0.3, 0.4) is 0 Å². The topological polar surface area (TPSA) is 52.3 Å². The van der Waals surface area contributed by atoms with Crippen molar-refractivity contribution in [3.63, 3.8) is 0 Å². The third kappa shape index (κ3) is 4.72. The number of hydrogen-bond donors (Lipinski definition) is 1. The number of benzene rings is 1. The molecule has 0 saturated heterocycles. The van der Waals surface area contributed by atoms with Gasteiger partial charge in [-0.3, -0.25) is 4.79 Å². The summed E-state index contributed by atoms with van der Waals surface area (Å²) < 4.78 is 42.4. The molecule has 0 bridgehead atoms. The third-order valence-electron chi connectivity index (χ3n) is 2.33. The number of ether oxygens (including phenoxy) is 1. The molecule has 19 heavy (non-hydrogen) atoms. The third-order valence-corrected chi connectivity index (χ3v) is 2.55. The van der Waals surface area contributed by atoms with E-state index in [0.29, 0.717) is 0 Å². The van der Waals surface area contributed by atoms with Crippen molar-refractivity contribution in [3.8, 4) is 0 Å². The molecule has 0 saturated carbocycles. The standard InChI is InChI=1S/C12H13ClF3NO2/c1-2-19-11(18)10(17)5-7-3-8(12(14,15)16)6-9(13)4-7/h3-4,6,10H,2,5,17H2,1H3. The first-order chi connectivity index (χ1) is 8.74. The molecule has 0 heterocycles. The fourth-order valence-corrected chi connectivity index (χ4v) is 1.78. The van der Waals surface area contributed by atoms with Crippen molar-refractivity contribution in [2.75, 3.05) is 6.61 Å². The van der Waals surface area contributed by atoms with Crippen LogP contribution in [0.4, 0.5) is 13.2 Å². The summed E-state index contributed by atoms with van der Waals surface area (Å²) >= 11 is 5.62. The second-order valence-corrected chi connectivity index (χ2v) is 4.35. The summed E-state index contributed by atoms with van der Waals surface area (Å²) in [5.41, 5.74) is 4.91. The Labute approximate surface area is 113 Å². The summed E-state index contributed by atoms with van der Waals surface area (Å²) in [4.78, 5) is 11.3. The lowest BCUT2D eigenvalue weighted by molar-refractivity contribution is -0.144. The number of halogens is 4. The van der Waals surface area contributed by atoms with E-state index < -0.39 is 23.8 Å². The lowest BCUT2D eigenvalue weighted by Gasteiger charge is -2.13. The number of carbonyl (C=O) groups excluding carboxylic acids is 1. The highest BCUT2D eigenvalue weighted by Gasteiger charge is 2.31. The quantitative estimate of drug-likeness (QED) is 0.869. The van der Waals surface area contributed by atoms with Gasteiger partial charge in [-0.25, -0.2) is 0 Å². The van der Waals surface area contributed by atoms with Crippen molar-refractivity contribution in [1.29, 1.82) is 0 Å². The van der Waals surface area contributed by atoms with Gasteiger partial charge in [-0.05, 0) is 37.1 Å². The average molecular weight is 296 g/mol. The molecule has 0 amide bonds. The number of hydrogen-bond acceptors (Lipinski definition) is 3. The van der Waals surface area contributed by atoms with Crippen LogP contribution in [0, 0.1) is 0 Å². The van der Waals surface area contributed by atoms with E-state index in [-0.39, 0.29) is 23.6 Å². The van der Waals surface area contributed by atoms with Gasteiger partial charge in [0.2, 0.25) is 0 Å². The van der Waals surface area contributed by atoms with E-state index in [1.807, 2.05) is 0 Å². The van der Waals surface area contributed by atoms with Crippen LogP contribution in [0.2, 0.25) is 5.02 Å². The maximum Gasteiger partial charge on any atom is 0.416 e. The van der Waals surface area contributed by atoms with Crippen molar-refractivity contribution in [2.45, 2.75) is 25.6 Å². The molecule has 7 heteroatoms. The first-order valence-electron chi connectivity index (χ1n) is 5.53. The molecule has 0 radical (unpaired) electrons. The Morgan fingerprint density at radius 1 is 1.42 bits per heavy atom. The molecule has 0 aliphatic carbocycles. The van der Waals surface area contributed by atoms with E-state index in [2.05, 4.69) is 4.74 Å². The number of esters is 1. The zero-order valence-corrected chi connectivity index (χ0v) is 10.9. The maximum atomic E-state index is 12.6. The van der Waals surface area contributed by atoms with E-state index >= 15 is 0 Å². The first kappa shape index (κ1) is 15.8. The van der Waals surface area contributed by atoms with Gasteiger partial charge in [0.25, 0.3) is 0 Å². The number of alkyl halides is 3. The fraction of sp³-hybridized carbons (Fsp3) is 0.417. The summed E-state index contributed by atoms with van der Waals surface area (Å²) in [5.74, 6) is -0.656. The Kier molecular flexibility index (Phi) is 5.20. The van der Waals surface area contributed by atoms with Crippen LogP contribution in [0.15, 0.2) is 18.2 Å². The van der Waals surface area contributed by atoms with E-state index in [0.717, 1.165) is 12.1 Å². The molecule has 0 aliphatic rings. The van der Waals surface area contributed by atoms with Crippen LogP contribution in [-0.2, 0) is 22.1 Å². The van der Waals surface area contributed by atoms with Crippen LogP contribution in [0.25, 0.3) is 0 Å². The van der Waals surface area contributed by atoms with E-state index in [9.17, 15) is 18.0 Å². The van der Waals surface area contributed by atoms with E-state index in [1.54, 1.807) is 6.92 Å². The van der Waals surface area contributed by atoms with E-state index in [1.165, 1.54) is 6.07 Å². The van der Waals surface area contributed by atoms with Crippen LogP contribution >= 0.6 is 11.6 Å². The Balaban J connectivity index is 2.90. The molecule has 3 nitrogen and oxygen atoms in total. The molecular weight excluding hydrogens is 283 g/mol. The van der Waals surface area contributed by atoms with Crippen LogP contribution in [-0.4, -0.2) is 18.6 Å². The van der Waals surface area contributed by atoms with Gasteiger partial charge in [0.1, 0.15) is 6.04 Å². The lowest BCUT2D eigenvalue weighted by atomic mass is 10.0. The molecule has 1 unspecified atom stereocenters. The molecule has 0 aliphatic heterocycles. The van der Waals surface area contributed by atoms with Gasteiger partial charge < -0.3 is 10.5 Å². The normalized spacial score (nSPS) is 13.2. The van der Waals surface area contributed by atoms with Gasteiger partial charge in [-0.1, -0.05) is 11.6 Å². The molecule has 1 aromatic carbocycles. The lowest BCUT2D eigenvalue weighted by Crippen LogP contribution is -2.34. The van der Waals surface area contributed by atoms with Crippen LogP contribution in [0.1, 0.15) is 18.1 Å². The van der Waals surface area contributed by atoms with Gasteiger partial charge in [0.15, 0.2) is 0 Å². The van der Waals surface area contributed by atoms with Crippen molar-refractivity contribution in [3.05, 3.63) is 34.3 Å². The predicted molar refractivity (Wildman–Crippen MR) is 64.8 cm³/mol. The van der Waals surface area contributed by atoms with Crippen molar-refractivity contribution >= 4 is 17.6 Å². The summed E-state index contributed by atoms with van der Waals surface area (Å²) in [7, 11) is 0. The number of nitrogens with two attached hydrogens (primary N) is 1. The van der Waals surface area contributed by atoms with E-state index in [4.69, 9.17) is 17.3 Å². The molecule has 1 aromatic rings. The molecule has 0 spiro atoms.